The van der Waals surface area contributed by atoms with Gasteiger partial charge in [0.05, 0.1) is 11.1 Å². The Morgan fingerprint density at radius 3 is 2.54 bits per heavy atom. The van der Waals surface area contributed by atoms with Gasteiger partial charge in [-0.1, -0.05) is 11.6 Å². The highest BCUT2D eigenvalue weighted by molar-refractivity contribution is 6.30. The molecule has 1 aromatic rings. The molecule has 2 aliphatic heterocycles. The molecule has 0 N–H and O–H groups in total. The van der Waals surface area contributed by atoms with E-state index in [4.69, 9.17) is 30.5 Å². The number of hydrogen-bond acceptors (Lipinski definition) is 5. The molecule has 0 saturated carbocycles. The summed E-state index contributed by atoms with van der Waals surface area (Å²) in [6.07, 6.45) is -4.99. The van der Waals surface area contributed by atoms with E-state index in [1.54, 1.807) is 13.8 Å². The van der Waals surface area contributed by atoms with Gasteiger partial charge in [0.2, 0.25) is 0 Å². The van der Waals surface area contributed by atoms with Crippen LogP contribution in [0.15, 0.2) is 35.9 Å². The minimum absolute atomic E-state index is 0.262. The smallest absolute Gasteiger partial charge is 0.338 e. The average molecular weight is 361 g/mol. The van der Waals surface area contributed by atoms with Crippen LogP contribution in [-0.2, 0) is 18.9 Å². The van der Waals surface area contributed by atoms with Crippen molar-refractivity contribution in [2.75, 3.05) is 6.61 Å². The molecular weight excluding hydrogens is 346 g/mol. The van der Waals surface area contributed by atoms with Crippen molar-refractivity contribution in [3.05, 3.63) is 46.5 Å². The molecule has 5 nitrogen and oxygen atoms in total. The van der Waals surface area contributed by atoms with Gasteiger partial charge in [-0.25, -0.2) is 4.79 Å². The molecule has 130 valence electrons. The average Bonchev–Trinajstić information content (AvgIpc) is 2.96. The number of carbonyl (C=O) groups is 1. The predicted molar refractivity (Wildman–Crippen MR) is 79.7 cm³/mol. The van der Waals surface area contributed by atoms with Crippen LogP contribution >= 0.6 is 11.6 Å². The largest absolute Gasteiger partial charge is 0.459 e. The fraction of sp³-hybridized carbons (Fsp3) is 0.438. The minimum Gasteiger partial charge on any atom is -0.459 e. The Labute approximate surface area is 142 Å². The summed E-state index contributed by atoms with van der Waals surface area (Å²) in [5, 5.41) is 0.472. The van der Waals surface area contributed by atoms with Crippen molar-refractivity contribution >= 4 is 17.6 Å². The zero-order chi connectivity index (χ0) is 17.5. The molecule has 0 unspecified atom stereocenters. The van der Waals surface area contributed by atoms with Crippen LogP contribution in [-0.4, -0.2) is 36.9 Å². The summed E-state index contributed by atoms with van der Waals surface area (Å²) in [7, 11) is 0. The van der Waals surface area contributed by atoms with Crippen molar-refractivity contribution in [1.29, 1.82) is 0 Å². The van der Waals surface area contributed by atoms with Crippen LogP contribution in [0, 0.1) is 0 Å². The number of fused-ring (bicyclic) bond motifs is 1. The third-order valence-electron chi connectivity index (χ3n) is 3.67. The van der Waals surface area contributed by atoms with E-state index in [0.717, 1.165) is 0 Å². The zero-order valence-electron chi connectivity index (χ0n) is 12.9. The van der Waals surface area contributed by atoms with Gasteiger partial charge in [-0.05, 0) is 38.1 Å². The van der Waals surface area contributed by atoms with Crippen molar-refractivity contribution in [1.82, 2.24) is 0 Å². The maximum absolute atomic E-state index is 13.3. The lowest BCUT2D eigenvalue weighted by Crippen LogP contribution is -2.28. The summed E-state index contributed by atoms with van der Waals surface area (Å²) in [6, 6.07) is 6.03. The van der Waals surface area contributed by atoms with Crippen LogP contribution < -0.4 is 0 Å². The van der Waals surface area contributed by atoms with E-state index in [2.05, 4.69) is 0 Å². The van der Waals surface area contributed by atoms with Gasteiger partial charge < -0.3 is 18.9 Å². The molecule has 1 aromatic carbocycles. The fourth-order valence-electron chi connectivity index (χ4n) is 2.64. The summed E-state index contributed by atoms with van der Waals surface area (Å²) < 4.78 is 47.9. The molecule has 2 heterocycles. The first-order valence-corrected chi connectivity index (χ1v) is 7.63. The molecule has 2 aliphatic rings. The first kappa shape index (κ1) is 17.3. The molecule has 0 radical (unpaired) electrons. The van der Waals surface area contributed by atoms with E-state index >= 15 is 0 Å². The third-order valence-corrected chi connectivity index (χ3v) is 3.93. The number of benzene rings is 1. The number of halogens is 3. The van der Waals surface area contributed by atoms with E-state index in [1.165, 1.54) is 24.3 Å². The van der Waals surface area contributed by atoms with Crippen molar-refractivity contribution in [2.45, 2.75) is 38.1 Å². The molecule has 0 bridgehead atoms. The van der Waals surface area contributed by atoms with Gasteiger partial charge in [0.25, 0.3) is 6.08 Å². The lowest BCUT2D eigenvalue weighted by Gasteiger charge is -2.21. The van der Waals surface area contributed by atoms with Crippen LogP contribution in [0.5, 0.6) is 0 Å². The summed E-state index contributed by atoms with van der Waals surface area (Å²) in [6.45, 7) is 2.85. The van der Waals surface area contributed by atoms with E-state index < -0.39 is 36.3 Å². The Balaban J connectivity index is 1.66. The Kier molecular flexibility index (Phi) is 4.61. The Bertz CT molecular complexity index is 670. The molecule has 8 heteroatoms. The van der Waals surface area contributed by atoms with Gasteiger partial charge in [-0.2, -0.15) is 8.78 Å². The topological polar surface area (TPSA) is 54.0 Å². The molecule has 0 aliphatic carbocycles. The Morgan fingerprint density at radius 2 is 1.92 bits per heavy atom. The second kappa shape index (κ2) is 6.40. The van der Waals surface area contributed by atoms with Gasteiger partial charge in [0.15, 0.2) is 12.1 Å². The van der Waals surface area contributed by atoms with E-state index in [1.807, 2.05) is 0 Å². The quantitative estimate of drug-likeness (QED) is 0.772. The highest BCUT2D eigenvalue weighted by Crippen LogP contribution is 2.42. The molecule has 2 fully saturated rings. The number of esters is 1. The molecule has 3 rings (SSSR count). The number of carbonyl (C=O) groups excluding carboxylic acids is 1. The molecule has 0 spiro atoms. The maximum atomic E-state index is 13.3. The van der Waals surface area contributed by atoms with Crippen molar-refractivity contribution < 1.29 is 32.5 Å². The van der Waals surface area contributed by atoms with Crippen molar-refractivity contribution in [3.8, 4) is 0 Å². The monoisotopic (exact) mass is 360 g/mol. The summed E-state index contributed by atoms with van der Waals surface area (Å²) in [4.78, 5) is 12.0. The van der Waals surface area contributed by atoms with E-state index in [9.17, 15) is 13.6 Å². The van der Waals surface area contributed by atoms with E-state index in [0.29, 0.717) is 5.02 Å². The summed E-state index contributed by atoms with van der Waals surface area (Å²) in [5.74, 6) is -1.67. The van der Waals surface area contributed by atoms with Gasteiger partial charge >= 0.3 is 5.97 Å². The van der Waals surface area contributed by atoms with Crippen LogP contribution in [0.2, 0.25) is 5.02 Å². The fourth-order valence-corrected chi connectivity index (χ4v) is 2.76. The second-order valence-electron chi connectivity index (χ2n) is 5.87. The molecular formula is C16H15ClF2O5. The van der Waals surface area contributed by atoms with Crippen LogP contribution in [0.3, 0.4) is 0 Å². The molecule has 24 heavy (non-hydrogen) atoms. The predicted octanol–water partition coefficient (Wildman–Crippen LogP) is 3.52. The highest BCUT2D eigenvalue weighted by atomic mass is 35.5. The maximum Gasteiger partial charge on any atom is 0.338 e. The van der Waals surface area contributed by atoms with Crippen LogP contribution in [0.1, 0.15) is 24.2 Å². The third kappa shape index (κ3) is 3.44. The van der Waals surface area contributed by atoms with Gasteiger partial charge in [0.1, 0.15) is 18.8 Å². The number of hydrogen-bond donors (Lipinski definition) is 0. The first-order chi connectivity index (χ1) is 11.3. The molecule has 0 amide bonds. The van der Waals surface area contributed by atoms with Crippen LogP contribution in [0.25, 0.3) is 0 Å². The van der Waals surface area contributed by atoms with Crippen LogP contribution in [0.4, 0.5) is 8.78 Å². The molecule has 3 atom stereocenters. The van der Waals surface area contributed by atoms with E-state index in [-0.39, 0.29) is 17.7 Å². The first-order valence-electron chi connectivity index (χ1n) is 7.26. The normalized spacial score (nSPS) is 27.9. The Morgan fingerprint density at radius 1 is 1.25 bits per heavy atom. The second-order valence-corrected chi connectivity index (χ2v) is 6.31. The standard InChI is InChI=1S/C16H15ClF2O5/c1-16(2)23-12-11(13(18)19)10(22-15(12)24-16)7-21-14(20)8-3-5-9(17)6-4-8/h3-6,10,12,15H,7H2,1-2H3/t10-,12-,15-/m1/s1. The lowest BCUT2D eigenvalue weighted by atomic mass is 10.1. The Hall–Kier alpha value is -1.54. The number of ether oxygens (including phenoxy) is 4. The molecule has 0 aromatic heterocycles. The SMILES string of the molecule is CC1(C)O[C@H]2O[C@H](COC(=O)c3ccc(Cl)cc3)C(=C(F)F)[C@H]2O1. The van der Waals surface area contributed by atoms with Crippen molar-refractivity contribution in [2.24, 2.45) is 0 Å². The van der Waals surface area contributed by atoms with Gasteiger partial charge in [-0.3, -0.25) is 0 Å². The summed E-state index contributed by atoms with van der Waals surface area (Å²) in [5.41, 5.74) is -0.0908. The zero-order valence-corrected chi connectivity index (χ0v) is 13.7. The van der Waals surface area contributed by atoms with Crippen molar-refractivity contribution in [3.63, 3.8) is 0 Å². The highest BCUT2D eigenvalue weighted by Gasteiger charge is 2.53. The minimum atomic E-state index is -1.92. The lowest BCUT2D eigenvalue weighted by molar-refractivity contribution is -0.203. The van der Waals surface area contributed by atoms with Gasteiger partial charge in [-0.15, -0.1) is 0 Å². The van der Waals surface area contributed by atoms with Gasteiger partial charge in [0, 0.05) is 5.02 Å². The summed E-state index contributed by atoms with van der Waals surface area (Å²) >= 11 is 5.74. The number of rotatable bonds is 3. The molecule has 2 saturated heterocycles.